The third-order valence-corrected chi connectivity index (χ3v) is 2.45. The van der Waals surface area contributed by atoms with E-state index in [0.717, 1.165) is 12.8 Å². The summed E-state index contributed by atoms with van der Waals surface area (Å²) in [6.07, 6.45) is 8.17. The van der Waals surface area contributed by atoms with Gasteiger partial charge in [-0.1, -0.05) is 25.8 Å². The highest BCUT2D eigenvalue weighted by Crippen LogP contribution is 2.16. The molecular formula is C12H22O2. The lowest BCUT2D eigenvalue weighted by atomic mass is 9.96. The van der Waals surface area contributed by atoms with Crippen molar-refractivity contribution in [2.75, 3.05) is 7.11 Å². The number of esters is 1. The number of unbranched alkanes of at least 4 members (excludes halogenated alkanes) is 1. The Hall–Kier alpha value is -0.790. The average molecular weight is 198 g/mol. The van der Waals surface area contributed by atoms with Gasteiger partial charge in [0.05, 0.1) is 7.11 Å². The van der Waals surface area contributed by atoms with Crippen molar-refractivity contribution >= 4 is 5.97 Å². The highest BCUT2D eigenvalue weighted by Gasteiger charge is 2.05. The fraction of sp³-hybridized carbons (Fsp3) is 0.750. The zero-order valence-corrected chi connectivity index (χ0v) is 9.42. The van der Waals surface area contributed by atoms with Crippen LogP contribution in [0.5, 0.6) is 0 Å². The van der Waals surface area contributed by atoms with Crippen molar-refractivity contribution < 1.29 is 9.53 Å². The first-order chi connectivity index (χ1) is 6.74. The molecule has 1 unspecified atom stereocenters. The van der Waals surface area contributed by atoms with Crippen molar-refractivity contribution in [2.24, 2.45) is 5.92 Å². The molecule has 14 heavy (non-hydrogen) atoms. The van der Waals surface area contributed by atoms with Gasteiger partial charge in [-0.25, -0.2) is 0 Å². The van der Waals surface area contributed by atoms with Crippen LogP contribution >= 0.6 is 0 Å². The second kappa shape index (κ2) is 8.79. The van der Waals surface area contributed by atoms with Crippen molar-refractivity contribution in [3.63, 3.8) is 0 Å². The molecule has 2 nitrogen and oxygen atoms in total. The van der Waals surface area contributed by atoms with E-state index in [4.69, 9.17) is 0 Å². The SMILES string of the molecule is C=CC(CCCC)CCCC(=O)OC. The lowest BCUT2D eigenvalue weighted by molar-refractivity contribution is -0.140. The van der Waals surface area contributed by atoms with E-state index in [-0.39, 0.29) is 5.97 Å². The molecule has 0 radical (unpaired) electrons. The van der Waals surface area contributed by atoms with Crippen molar-refractivity contribution in [2.45, 2.75) is 45.4 Å². The summed E-state index contributed by atoms with van der Waals surface area (Å²) in [6, 6.07) is 0. The average Bonchev–Trinajstić information content (AvgIpc) is 2.22. The normalized spacial score (nSPS) is 12.1. The predicted molar refractivity (Wildman–Crippen MR) is 59.1 cm³/mol. The third kappa shape index (κ3) is 6.70. The molecule has 0 spiro atoms. The first kappa shape index (κ1) is 13.2. The molecule has 2 heteroatoms. The van der Waals surface area contributed by atoms with Crippen LogP contribution in [0.2, 0.25) is 0 Å². The Kier molecular flexibility index (Phi) is 8.30. The van der Waals surface area contributed by atoms with Crippen LogP contribution in [-0.4, -0.2) is 13.1 Å². The van der Waals surface area contributed by atoms with E-state index >= 15 is 0 Å². The number of carbonyl (C=O) groups is 1. The lowest BCUT2D eigenvalue weighted by Crippen LogP contribution is -2.02. The van der Waals surface area contributed by atoms with Crippen LogP contribution in [0.1, 0.15) is 45.4 Å². The van der Waals surface area contributed by atoms with Crippen LogP contribution in [0.15, 0.2) is 12.7 Å². The smallest absolute Gasteiger partial charge is 0.305 e. The molecule has 0 bridgehead atoms. The highest BCUT2D eigenvalue weighted by atomic mass is 16.5. The Morgan fingerprint density at radius 1 is 1.43 bits per heavy atom. The summed E-state index contributed by atoms with van der Waals surface area (Å²) in [5, 5.41) is 0. The van der Waals surface area contributed by atoms with Crippen LogP contribution in [0, 0.1) is 5.92 Å². The number of allylic oxidation sites excluding steroid dienone is 1. The minimum absolute atomic E-state index is 0.108. The Morgan fingerprint density at radius 2 is 2.07 bits per heavy atom. The summed E-state index contributed by atoms with van der Waals surface area (Å²) in [4.78, 5) is 10.8. The van der Waals surface area contributed by atoms with Gasteiger partial charge in [0.15, 0.2) is 0 Å². The third-order valence-electron chi connectivity index (χ3n) is 2.45. The number of rotatable bonds is 8. The van der Waals surface area contributed by atoms with Gasteiger partial charge in [0.25, 0.3) is 0 Å². The van der Waals surface area contributed by atoms with E-state index in [1.807, 2.05) is 6.08 Å². The second-order valence-corrected chi connectivity index (χ2v) is 3.61. The molecule has 0 aliphatic heterocycles. The number of hydrogen-bond donors (Lipinski definition) is 0. The minimum Gasteiger partial charge on any atom is -0.469 e. The molecule has 0 aromatic carbocycles. The molecule has 0 heterocycles. The maximum absolute atomic E-state index is 10.8. The Bertz CT molecular complexity index is 164. The molecule has 0 N–H and O–H groups in total. The summed E-state index contributed by atoms with van der Waals surface area (Å²) >= 11 is 0. The molecule has 0 aromatic rings. The fourth-order valence-electron chi connectivity index (χ4n) is 1.46. The van der Waals surface area contributed by atoms with E-state index in [1.54, 1.807) is 0 Å². The van der Waals surface area contributed by atoms with Gasteiger partial charge in [-0.05, 0) is 25.2 Å². The molecule has 0 saturated heterocycles. The van der Waals surface area contributed by atoms with E-state index in [2.05, 4.69) is 18.2 Å². The number of ether oxygens (including phenoxy) is 1. The fourth-order valence-corrected chi connectivity index (χ4v) is 1.46. The first-order valence-electron chi connectivity index (χ1n) is 5.44. The predicted octanol–water partition coefficient (Wildman–Crippen LogP) is 3.32. The van der Waals surface area contributed by atoms with E-state index in [0.29, 0.717) is 12.3 Å². The van der Waals surface area contributed by atoms with Gasteiger partial charge < -0.3 is 4.74 Å². The van der Waals surface area contributed by atoms with Gasteiger partial charge in [-0.2, -0.15) is 0 Å². The molecule has 0 amide bonds. The van der Waals surface area contributed by atoms with Gasteiger partial charge in [0.2, 0.25) is 0 Å². The number of carbonyl (C=O) groups excluding carboxylic acids is 1. The second-order valence-electron chi connectivity index (χ2n) is 3.61. The zero-order chi connectivity index (χ0) is 10.8. The Labute approximate surface area is 87.3 Å². The first-order valence-corrected chi connectivity index (χ1v) is 5.44. The molecule has 0 rings (SSSR count). The van der Waals surface area contributed by atoms with Crippen molar-refractivity contribution in [1.82, 2.24) is 0 Å². The van der Waals surface area contributed by atoms with Crippen LogP contribution in [0.3, 0.4) is 0 Å². The topological polar surface area (TPSA) is 26.3 Å². The van der Waals surface area contributed by atoms with Gasteiger partial charge in [0, 0.05) is 6.42 Å². The minimum atomic E-state index is -0.108. The molecule has 82 valence electrons. The zero-order valence-electron chi connectivity index (χ0n) is 9.42. The Balaban J connectivity index is 3.51. The quantitative estimate of drug-likeness (QED) is 0.442. The van der Waals surface area contributed by atoms with Crippen LogP contribution in [0.4, 0.5) is 0 Å². The lowest BCUT2D eigenvalue weighted by Gasteiger charge is -2.10. The number of hydrogen-bond acceptors (Lipinski definition) is 2. The van der Waals surface area contributed by atoms with E-state index in [1.165, 1.54) is 26.4 Å². The van der Waals surface area contributed by atoms with Crippen molar-refractivity contribution in [3.8, 4) is 0 Å². The molecule has 0 saturated carbocycles. The van der Waals surface area contributed by atoms with Crippen LogP contribution < -0.4 is 0 Å². The molecule has 0 aliphatic carbocycles. The van der Waals surface area contributed by atoms with Gasteiger partial charge in [0.1, 0.15) is 0 Å². The number of methoxy groups -OCH3 is 1. The van der Waals surface area contributed by atoms with E-state index in [9.17, 15) is 4.79 Å². The van der Waals surface area contributed by atoms with Crippen LogP contribution in [0.25, 0.3) is 0 Å². The van der Waals surface area contributed by atoms with Crippen LogP contribution in [-0.2, 0) is 9.53 Å². The maximum atomic E-state index is 10.8. The summed E-state index contributed by atoms with van der Waals surface area (Å²) < 4.78 is 4.58. The van der Waals surface area contributed by atoms with E-state index < -0.39 is 0 Å². The standard InChI is InChI=1S/C12H22O2/c1-4-6-8-11(5-2)9-7-10-12(13)14-3/h5,11H,2,4,6-10H2,1,3H3. The van der Waals surface area contributed by atoms with Gasteiger partial charge in [-0.15, -0.1) is 6.58 Å². The van der Waals surface area contributed by atoms with Crippen molar-refractivity contribution in [3.05, 3.63) is 12.7 Å². The highest BCUT2D eigenvalue weighted by molar-refractivity contribution is 5.68. The summed E-state index contributed by atoms with van der Waals surface area (Å²) in [5.41, 5.74) is 0. The molecular weight excluding hydrogens is 176 g/mol. The molecule has 0 fully saturated rings. The maximum Gasteiger partial charge on any atom is 0.305 e. The van der Waals surface area contributed by atoms with Gasteiger partial charge >= 0.3 is 5.97 Å². The molecule has 0 aromatic heterocycles. The van der Waals surface area contributed by atoms with Gasteiger partial charge in [-0.3, -0.25) is 4.79 Å². The Morgan fingerprint density at radius 3 is 2.57 bits per heavy atom. The summed E-state index contributed by atoms with van der Waals surface area (Å²) in [6.45, 7) is 6.00. The largest absolute Gasteiger partial charge is 0.469 e. The monoisotopic (exact) mass is 198 g/mol. The van der Waals surface area contributed by atoms with Crippen molar-refractivity contribution in [1.29, 1.82) is 0 Å². The molecule has 1 atom stereocenters. The summed E-state index contributed by atoms with van der Waals surface area (Å²) in [5.74, 6) is 0.461. The molecule has 0 aliphatic rings. The summed E-state index contributed by atoms with van der Waals surface area (Å²) in [7, 11) is 1.43.